The van der Waals surface area contributed by atoms with Gasteiger partial charge >= 0.3 is 0 Å². The normalized spacial score (nSPS) is 11.8. The SMILES string of the molecule is C.N.NC1=NC(=Nc2ccc(N)cc2)C(Nc2ccc(N)cc2)=CC1=O.Nc1ccc(N)cc1.Nc1ncccc1O.O.OO. The van der Waals surface area contributed by atoms with E-state index in [1.54, 1.807) is 78.9 Å². The Morgan fingerprint density at radius 2 is 1.16 bits per heavy atom. The number of anilines is 6. The number of carbonyl (C=O) groups is 1. The largest absolute Gasteiger partial charge is 0.504 e. The molecule has 1 aliphatic rings. The van der Waals surface area contributed by atoms with Crippen molar-refractivity contribution in [3.05, 3.63) is 103 Å². The van der Waals surface area contributed by atoms with Crippen LogP contribution in [0.3, 0.4) is 0 Å². The van der Waals surface area contributed by atoms with E-state index in [-0.39, 0.29) is 42.2 Å². The molecule has 5 rings (SSSR count). The highest BCUT2D eigenvalue weighted by molar-refractivity contribution is 6.47. The van der Waals surface area contributed by atoms with Crippen LogP contribution in [0.2, 0.25) is 0 Å². The molecule has 16 nitrogen and oxygen atoms in total. The van der Waals surface area contributed by atoms with Gasteiger partial charge in [-0.15, -0.1) is 0 Å². The molecule has 1 aliphatic heterocycles. The second-order valence-electron chi connectivity index (χ2n) is 8.27. The maximum atomic E-state index is 11.8. The highest BCUT2D eigenvalue weighted by Crippen LogP contribution is 2.20. The zero-order valence-corrected chi connectivity index (χ0v) is 23.5. The number of carbonyl (C=O) groups excluding carboxylic acids is 1. The Bertz CT molecular complexity index is 1500. The van der Waals surface area contributed by atoms with Crippen LogP contribution < -0.4 is 45.9 Å². The molecule has 4 aromatic rings. The summed E-state index contributed by atoms with van der Waals surface area (Å²) in [7, 11) is 0. The van der Waals surface area contributed by atoms with Crippen molar-refractivity contribution in [1.82, 2.24) is 11.1 Å². The summed E-state index contributed by atoms with van der Waals surface area (Å²) in [4.78, 5) is 23.9. The van der Waals surface area contributed by atoms with Gasteiger partial charge in [0.05, 0.1) is 11.4 Å². The number of aromatic hydroxyl groups is 1. The van der Waals surface area contributed by atoms with E-state index in [0.717, 1.165) is 17.1 Å². The number of nitrogen functional groups attached to an aromatic ring is 5. The van der Waals surface area contributed by atoms with Gasteiger partial charge in [0.2, 0.25) is 5.78 Å². The molecule has 0 saturated heterocycles. The molecule has 0 aliphatic carbocycles. The average Bonchev–Trinajstić information content (AvgIpc) is 2.99. The van der Waals surface area contributed by atoms with Crippen LogP contribution in [0.15, 0.2) is 113 Å². The molecule has 242 valence electrons. The van der Waals surface area contributed by atoms with Crippen molar-refractivity contribution in [2.45, 2.75) is 7.43 Å². The Kier molecular flexibility index (Phi) is 18.8. The molecular weight excluding hydrogens is 582 g/mol. The fourth-order valence-corrected chi connectivity index (χ4v) is 2.97. The predicted molar refractivity (Wildman–Crippen MR) is 183 cm³/mol. The number of hydrogen-bond acceptors (Lipinski definition) is 14. The maximum Gasteiger partial charge on any atom is 0.222 e. The predicted octanol–water partition coefficient (Wildman–Crippen LogP) is 3.03. The topological polar surface area (TPSA) is 350 Å². The summed E-state index contributed by atoms with van der Waals surface area (Å²) in [5.41, 5.74) is 37.5. The van der Waals surface area contributed by atoms with E-state index in [1.165, 1.54) is 18.3 Å². The number of dihydropyridines is 1. The van der Waals surface area contributed by atoms with Crippen LogP contribution >= 0.6 is 0 Å². The molecule has 16 heteroatoms. The Labute approximate surface area is 260 Å². The summed E-state index contributed by atoms with van der Waals surface area (Å²) in [6.07, 6.45) is 2.89. The molecule has 0 fully saturated rings. The van der Waals surface area contributed by atoms with Gasteiger partial charge in [0.25, 0.3) is 0 Å². The van der Waals surface area contributed by atoms with Crippen LogP contribution in [0, 0.1) is 0 Å². The number of hydrogen-bond donors (Lipinski definition) is 11. The lowest BCUT2D eigenvalue weighted by Gasteiger charge is -2.15. The van der Waals surface area contributed by atoms with Gasteiger partial charge in [0.1, 0.15) is 0 Å². The minimum Gasteiger partial charge on any atom is -0.504 e. The van der Waals surface area contributed by atoms with E-state index in [4.69, 9.17) is 50.0 Å². The monoisotopic (exact) mass is 623 g/mol. The summed E-state index contributed by atoms with van der Waals surface area (Å²) in [5.74, 6) is 0.0462. The van der Waals surface area contributed by atoms with E-state index in [2.05, 4.69) is 20.3 Å². The third kappa shape index (κ3) is 14.0. The van der Waals surface area contributed by atoms with Crippen LogP contribution in [-0.2, 0) is 4.79 Å². The number of pyridine rings is 1. The van der Waals surface area contributed by atoms with Crippen molar-refractivity contribution in [3.63, 3.8) is 0 Å². The van der Waals surface area contributed by atoms with Crippen molar-refractivity contribution in [2.24, 2.45) is 15.7 Å². The number of aromatic nitrogens is 1. The van der Waals surface area contributed by atoms with E-state index < -0.39 is 0 Å². The number of ketones is 1. The minimum absolute atomic E-state index is 0. The van der Waals surface area contributed by atoms with Crippen molar-refractivity contribution in [2.75, 3.05) is 34.0 Å². The third-order valence-electron chi connectivity index (χ3n) is 5.07. The first-order chi connectivity index (χ1) is 20.1. The lowest BCUT2D eigenvalue weighted by molar-refractivity contribution is -0.176. The number of benzene rings is 3. The number of nitrogens with zero attached hydrogens (tertiary/aromatic N) is 3. The Morgan fingerprint density at radius 1 is 0.711 bits per heavy atom. The second-order valence-corrected chi connectivity index (χ2v) is 8.27. The van der Waals surface area contributed by atoms with Gasteiger partial charge in [-0.25, -0.2) is 15.0 Å². The number of rotatable bonds is 3. The van der Waals surface area contributed by atoms with Crippen molar-refractivity contribution in [1.29, 1.82) is 0 Å². The van der Waals surface area contributed by atoms with Crippen LogP contribution in [0.1, 0.15) is 7.43 Å². The Morgan fingerprint density at radius 3 is 1.58 bits per heavy atom. The van der Waals surface area contributed by atoms with Crippen LogP contribution in [-0.4, -0.2) is 43.5 Å². The first-order valence-electron chi connectivity index (χ1n) is 12.0. The summed E-state index contributed by atoms with van der Waals surface area (Å²) in [6, 6.07) is 24.3. The second kappa shape index (κ2) is 20.6. The van der Waals surface area contributed by atoms with Gasteiger partial charge in [-0.2, -0.15) is 0 Å². The molecule has 0 bridgehead atoms. The van der Waals surface area contributed by atoms with Crippen LogP contribution in [0.4, 0.5) is 39.9 Å². The van der Waals surface area contributed by atoms with Gasteiger partial charge in [-0.05, 0) is 84.9 Å². The molecular formula is C29H41N11O5. The summed E-state index contributed by atoms with van der Waals surface area (Å²) in [5, 5.41) is 23.8. The molecule has 3 aromatic carbocycles. The van der Waals surface area contributed by atoms with Gasteiger partial charge in [-0.3, -0.25) is 15.3 Å². The number of amidine groups is 2. The quantitative estimate of drug-likeness (QED) is 0.0888. The summed E-state index contributed by atoms with van der Waals surface area (Å²) >= 11 is 0. The van der Waals surface area contributed by atoms with Gasteiger partial charge < -0.3 is 56.5 Å². The van der Waals surface area contributed by atoms with Gasteiger partial charge in [-0.1, -0.05) is 7.43 Å². The van der Waals surface area contributed by atoms with Crippen molar-refractivity contribution >= 4 is 57.4 Å². The molecule has 0 spiro atoms. The fourth-order valence-electron chi connectivity index (χ4n) is 2.97. The Hall–Kier alpha value is -6.20. The lowest BCUT2D eigenvalue weighted by Crippen LogP contribution is -2.30. The van der Waals surface area contributed by atoms with Gasteiger partial charge in [0.15, 0.2) is 23.2 Å². The molecule has 0 saturated carbocycles. The number of nitrogens with one attached hydrogen (secondary N) is 1. The molecule has 45 heavy (non-hydrogen) atoms. The highest BCUT2D eigenvalue weighted by Gasteiger charge is 2.19. The zero-order chi connectivity index (χ0) is 31.1. The minimum atomic E-state index is -0.371. The van der Waals surface area contributed by atoms with Crippen molar-refractivity contribution < 1.29 is 25.9 Å². The maximum absolute atomic E-state index is 11.8. The molecule has 2 heterocycles. The highest BCUT2D eigenvalue weighted by atomic mass is 17.0. The van der Waals surface area contributed by atoms with Crippen LogP contribution in [0.5, 0.6) is 5.75 Å². The smallest absolute Gasteiger partial charge is 0.222 e. The Balaban J connectivity index is 0. The van der Waals surface area contributed by atoms with Crippen molar-refractivity contribution in [3.8, 4) is 5.75 Å². The lowest BCUT2D eigenvalue weighted by atomic mass is 10.2. The molecule has 0 atom stereocenters. The molecule has 21 N–H and O–H groups in total. The standard InChI is InChI=1S/C17H16N6O.C6H8N2.C5H6N2O.CH4.H3N.H2O2.H2O/c18-10-1-5-12(6-2-10)21-14-9-15(24)16(20)23-17(14)22-13-7-3-11(19)4-8-13;7-5-1-2-6(8)4-3-5;6-5-4(8)2-1-3-7-5;;;1-2;/h1-9,21H,18-19H2,(H2,20,22,23);1-4H,7-8H2;1-3,8H,(H2,6,7);1H4;1H3;1-2H;1H2. The third-order valence-corrected chi connectivity index (χ3v) is 5.07. The molecule has 0 radical (unpaired) electrons. The molecule has 1 aromatic heterocycles. The first-order valence-corrected chi connectivity index (χ1v) is 12.0. The van der Waals surface area contributed by atoms with E-state index in [9.17, 15) is 4.79 Å². The van der Waals surface area contributed by atoms with Gasteiger partial charge in [0, 0.05) is 40.7 Å². The van der Waals surface area contributed by atoms with E-state index in [1.807, 2.05) is 0 Å². The van der Waals surface area contributed by atoms with Crippen LogP contribution in [0.25, 0.3) is 0 Å². The average molecular weight is 624 g/mol. The fraction of sp³-hybridized carbons (Fsp3) is 0.0345. The summed E-state index contributed by atoms with van der Waals surface area (Å²) < 4.78 is 0. The van der Waals surface area contributed by atoms with E-state index >= 15 is 0 Å². The summed E-state index contributed by atoms with van der Waals surface area (Å²) in [6.45, 7) is 0. The molecule has 0 amide bonds. The molecule has 0 unspecified atom stereocenters. The number of nitrogens with two attached hydrogens (primary N) is 6. The van der Waals surface area contributed by atoms with E-state index in [0.29, 0.717) is 28.6 Å². The zero-order valence-electron chi connectivity index (χ0n) is 23.5. The number of aliphatic imine (C=N–C) groups is 2. The first kappa shape index (κ1) is 40.9.